The molecule has 0 spiro atoms. The number of hydrogen-bond acceptors (Lipinski definition) is 3. The van der Waals surface area contributed by atoms with Crippen molar-refractivity contribution in [2.45, 2.75) is 13.8 Å². The van der Waals surface area contributed by atoms with Gasteiger partial charge < -0.3 is 5.11 Å². The summed E-state index contributed by atoms with van der Waals surface area (Å²) in [6.45, 7) is 3.42. The van der Waals surface area contributed by atoms with Crippen LogP contribution in [0, 0.1) is 18.8 Å². The van der Waals surface area contributed by atoms with Gasteiger partial charge in [-0.3, -0.25) is 4.79 Å². The number of rotatable bonds is 1. The second-order valence-corrected chi connectivity index (χ2v) is 4.29. The van der Waals surface area contributed by atoms with Gasteiger partial charge in [-0.1, -0.05) is 23.6 Å². The van der Waals surface area contributed by atoms with Crippen molar-refractivity contribution in [2.75, 3.05) is 5.75 Å². The highest BCUT2D eigenvalue weighted by molar-refractivity contribution is 8.13. The number of aryl methyl sites for hydroxylation is 1. The Morgan fingerprint density at radius 1 is 1.47 bits per heavy atom. The van der Waals surface area contributed by atoms with Crippen LogP contribution in [0.5, 0.6) is 5.75 Å². The highest BCUT2D eigenvalue weighted by Crippen LogP contribution is 2.13. The minimum atomic E-state index is 0.0661. The van der Waals surface area contributed by atoms with Gasteiger partial charge in [0.1, 0.15) is 5.75 Å². The van der Waals surface area contributed by atoms with Gasteiger partial charge >= 0.3 is 0 Å². The van der Waals surface area contributed by atoms with Gasteiger partial charge in [-0.15, -0.1) is 0 Å². The van der Waals surface area contributed by atoms with Crippen LogP contribution in [-0.4, -0.2) is 16.0 Å². The van der Waals surface area contributed by atoms with Gasteiger partial charge in [-0.2, -0.15) is 0 Å². The molecule has 0 aliphatic carbocycles. The highest BCUT2D eigenvalue weighted by Gasteiger charge is 1.93. The topological polar surface area (TPSA) is 37.3 Å². The summed E-state index contributed by atoms with van der Waals surface area (Å²) in [6.07, 6.45) is 0. The van der Waals surface area contributed by atoms with Gasteiger partial charge in [0, 0.05) is 12.5 Å². The number of benzene rings is 1. The van der Waals surface area contributed by atoms with Crippen LogP contribution < -0.4 is 0 Å². The Morgan fingerprint density at radius 2 is 2.20 bits per heavy atom. The molecule has 0 heterocycles. The van der Waals surface area contributed by atoms with E-state index in [0.717, 1.165) is 11.1 Å². The zero-order chi connectivity index (χ0) is 11.3. The van der Waals surface area contributed by atoms with Crippen molar-refractivity contribution < 1.29 is 9.90 Å². The predicted octanol–water partition coefficient (Wildman–Crippen LogP) is 2.33. The second-order valence-electron chi connectivity index (χ2n) is 3.14. The molecule has 0 atom stereocenters. The Bertz CT molecular complexity index is 407. The molecule has 0 bridgehead atoms. The van der Waals surface area contributed by atoms with E-state index in [1.807, 2.05) is 13.0 Å². The predicted molar refractivity (Wildman–Crippen MR) is 62.9 cm³/mol. The van der Waals surface area contributed by atoms with Crippen molar-refractivity contribution in [1.82, 2.24) is 0 Å². The van der Waals surface area contributed by atoms with Crippen LogP contribution in [0.3, 0.4) is 0 Å². The van der Waals surface area contributed by atoms with Crippen LogP contribution in [0.25, 0.3) is 0 Å². The molecule has 0 amide bonds. The molecule has 15 heavy (non-hydrogen) atoms. The molecule has 78 valence electrons. The van der Waals surface area contributed by atoms with Gasteiger partial charge in [-0.05, 0) is 30.7 Å². The molecule has 2 nitrogen and oxygen atoms in total. The Morgan fingerprint density at radius 3 is 2.80 bits per heavy atom. The van der Waals surface area contributed by atoms with E-state index in [1.165, 1.54) is 18.7 Å². The van der Waals surface area contributed by atoms with E-state index < -0.39 is 0 Å². The fourth-order valence-corrected chi connectivity index (χ4v) is 1.46. The van der Waals surface area contributed by atoms with Crippen LogP contribution >= 0.6 is 11.8 Å². The second kappa shape index (κ2) is 5.47. The largest absolute Gasteiger partial charge is 0.508 e. The molecule has 1 rings (SSSR count). The Balaban J connectivity index is 2.67. The smallest absolute Gasteiger partial charge is 0.186 e. The molecule has 0 fully saturated rings. The molecule has 0 aliphatic rings. The molecule has 0 unspecified atom stereocenters. The van der Waals surface area contributed by atoms with E-state index in [1.54, 1.807) is 12.1 Å². The number of phenolic OH excluding ortho intramolecular Hbond substituents is 1. The van der Waals surface area contributed by atoms with E-state index >= 15 is 0 Å². The van der Waals surface area contributed by atoms with E-state index in [2.05, 4.69) is 11.8 Å². The van der Waals surface area contributed by atoms with E-state index in [0.29, 0.717) is 5.75 Å². The zero-order valence-electron chi connectivity index (χ0n) is 8.70. The Hall–Kier alpha value is -1.40. The van der Waals surface area contributed by atoms with Gasteiger partial charge in [0.25, 0.3) is 0 Å². The Kier molecular flexibility index (Phi) is 4.26. The molecular weight excluding hydrogens is 208 g/mol. The van der Waals surface area contributed by atoms with Crippen molar-refractivity contribution in [3.8, 4) is 17.6 Å². The lowest BCUT2D eigenvalue weighted by Crippen LogP contribution is -1.83. The fraction of sp³-hybridized carbons (Fsp3) is 0.250. The quantitative estimate of drug-likeness (QED) is 0.738. The molecule has 1 aromatic carbocycles. The van der Waals surface area contributed by atoms with Gasteiger partial charge in [0.05, 0.1) is 5.75 Å². The number of carbonyl (C=O) groups is 1. The number of thioether (sulfide) groups is 1. The maximum absolute atomic E-state index is 10.6. The monoisotopic (exact) mass is 220 g/mol. The van der Waals surface area contributed by atoms with Gasteiger partial charge in [0.2, 0.25) is 0 Å². The number of carbonyl (C=O) groups excluding carboxylic acids is 1. The van der Waals surface area contributed by atoms with Gasteiger partial charge in [0.15, 0.2) is 5.12 Å². The van der Waals surface area contributed by atoms with Crippen molar-refractivity contribution in [2.24, 2.45) is 0 Å². The van der Waals surface area contributed by atoms with Crippen LogP contribution in [0.15, 0.2) is 18.2 Å². The third kappa shape index (κ3) is 4.57. The number of hydrogen-bond donors (Lipinski definition) is 1. The third-order valence-corrected chi connectivity index (χ3v) is 2.34. The third-order valence-electron chi connectivity index (χ3n) is 1.64. The number of phenols is 1. The first-order valence-corrected chi connectivity index (χ1v) is 5.49. The maximum atomic E-state index is 10.6. The Labute approximate surface area is 93.7 Å². The standard InChI is InChI=1S/C12H12O2S/c1-9-6-11(8-12(14)7-9)4-3-5-15-10(2)13/h6-8,14H,5H2,1-2H3. The molecule has 0 saturated carbocycles. The van der Waals surface area contributed by atoms with Crippen molar-refractivity contribution in [3.63, 3.8) is 0 Å². The summed E-state index contributed by atoms with van der Waals surface area (Å²) >= 11 is 1.18. The molecular formula is C12H12O2S. The SMILES string of the molecule is CC(=O)SCC#Cc1cc(C)cc(O)c1. The molecule has 0 radical (unpaired) electrons. The van der Waals surface area contributed by atoms with Crippen LogP contribution in [0.2, 0.25) is 0 Å². The van der Waals surface area contributed by atoms with E-state index in [4.69, 9.17) is 0 Å². The summed E-state index contributed by atoms with van der Waals surface area (Å²) in [5.74, 6) is 6.48. The molecule has 1 aromatic rings. The highest BCUT2D eigenvalue weighted by atomic mass is 32.2. The summed E-state index contributed by atoms with van der Waals surface area (Å²) in [5.41, 5.74) is 1.75. The maximum Gasteiger partial charge on any atom is 0.186 e. The van der Waals surface area contributed by atoms with Crippen molar-refractivity contribution in [1.29, 1.82) is 0 Å². The lowest BCUT2D eigenvalue weighted by molar-refractivity contribution is -0.109. The van der Waals surface area contributed by atoms with Crippen LogP contribution in [0.1, 0.15) is 18.1 Å². The first-order valence-electron chi connectivity index (χ1n) is 4.51. The lowest BCUT2D eigenvalue weighted by atomic mass is 10.1. The summed E-state index contributed by atoms with van der Waals surface area (Å²) in [7, 11) is 0. The summed E-state index contributed by atoms with van der Waals surface area (Å²) in [4.78, 5) is 10.6. The lowest BCUT2D eigenvalue weighted by Gasteiger charge is -1.96. The number of aromatic hydroxyl groups is 1. The first kappa shape index (κ1) is 11.7. The van der Waals surface area contributed by atoms with E-state index in [-0.39, 0.29) is 10.9 Å². The molecule has 0 aromatic heterocycles. The molecule has 1 N–H and O–H groups in total. The fourth-order valence-electron chi connectivity index (χ4n) is 1.11. The summed E-state index contributed by atoms with van der Waals surface area (Å²) in [5, 5.41) is 9.38. The first-order chi connectivity index (χ1) is 7.08. The molecule has 3 heteroatoms. The van der Waals surface area contributed by atoms with E-state index in [9.17, 15) is 9.90 Å². The van der Waals surface area contributed by atoms with Crippen molar-refractivity contribution in [3.05, 3.63) is 29.3 Å². The average molecular weight is 220 g/mol. The summed E-state index contributed by atoms with van der Waals surface area (Å²) in [6, 6.07) is 5.18. The average Bonchev–Trinajstić information content (AvgIpc) is 2.10. The minimum Gasteiger partial charge on any atom is -0.508 e. The van der Waals surface area contributed by atoms with Crippen LogP contribution in [0.4, 0.5) is 0 Å². The van der Waals surface area contributed by atoms with Crippen LogP contribution in [-0.2, 0) is 4.79 Å². The van der Waals surface area contributed by atoms with Gasteiger partial charge in [-0.25, -0.2) is 0 Å². The normalized spacial score (nSPS) is 9.20. The zero-order valence-corrected chi connectivity index (χ0v) is 9.52. The molecule has 0 saturated heterocycles. The summed E-state index contributed by atoms with van der Waals surface area (Å²) < 4.78 is 0. The molecule has 0 aliphatic heterocycles. The minimum absolute atomic E-state index is 0.0661. The van der Waals surface area contributed by atoms with Crippen molar-refractivity contribution >= 4 is 16.9 Å².